The molecule has 0 amide bonds. The van der Waals surface area contributed by atoms with E-state index >= 15 is 0 Å². The molecule has 0 aliphatic carbocycles. The van der Waals surface area contributed by atoms with Crippen molar-refractivity contribution in [1.29, 1.82) is 0 Å². The average Bonchev–Trinajstić information content (AvgIpc) is 3.43. The van der Waals surface area contributed by atoms with Gasteiger partial charge in [-0.1, -0.05) is 30.3 Å². The van der Waals surface area contributed by atoms with Gasteiger partial charge in [0.05, 0.1) is 11.9 Å². The normalized spacial score (nSPS) is 21.6. The van der Waals surface area contributed by atoms with Crippen molar-refractivity contribution in [3.05, 3.63) is 84.2 Å². The number of esters is 1. The first-order valence-corrected chi connectivity index (χ1v) is 11.3. The van der Waals surface area contributed by atoms with Gasteiger partial charge in [0.25, 0.3) is 0 Å². The smallest absolute Gasteiger partial charge is 0.338 e. The van der Waals surface area contributed by atoms with Crippen molar-refractivity contribution in [1.82, 2.24) is 19.5 Å². The van der Waals surface area contributed by atoms with Crippen LogP contribution in [0.15, 0.2) is 67.3 Å². The zero-order chi connectivity index (χ0) is 25.2. The van der Waals surface area contributed by atoms with Crippen LogP contribution in [0.1, 0.15) is 22.1 Å². The topological polar surface area (TPSA) is 123 Å². The number of imidazole rings is 1. The van der Waals surface area contributed by atoms with Gasteiger partial charge >= 0.3 is 5.97 Å². The van der Waals surface area contributed by atoms with E-state index in [1.54, 1.807) is 43.4 Å². The molecule has 0 radical (unpaired) electrons. The Kier molecular flexibility index (Phi) is 6.59. The number of carbonyl (C=O) groups is 1. The Morgan fingerprint density at radius 1 is 1.11 bits per heavy atom. The number of halogens is 1. The summed E-state index contributed by atoms with van der Waals surface area (Å²) in [5.74, 6) is -0.381. The molecule has 4 aromatic rings. The molecular formula is C25H24FN5O5. The molecule has 1 saturated heterocycles. The van der Waals surface area contributed by atoms with E-state index in [1.165, 1.54) is 29.4 Å². The lowest BCUT2D eigenvalue weighted by atomic mass is 10.1. The molecule has 11 heteroatoms. The third kappa shape index (κ3) is 4.63. The molecule has 3 heterocycles. The Hall–Kier alpha value is -3.93. The number of aliphatic hydroxyl groups excluding tert-OH is 2. The van der Waals surface area contributed by atoms with Gasteiger partial charge in [-0.3, -0.25) is 4.57 Å². The van der Waals surface area contributed by atoms with Gasteiger partial charge in [0, 0.05) is 13.6 Å². The summed E-state index contributed by atoms with van der Waals surface area (Å²) in [6.45, 7) is 0.137. The van der Waals surface area contributed by atoms with Gasteiger partial charge in [-0.2, -0.15) is 0 Å². The summed E-state index contributed by atoms with van der Waals surface area (Å²) in [7, 11) is 1.80. The molecule has 0 unspecified atom stereocenters. The van der Waals surface area contributed by atoms with Crippen molar-refractivity contribution in [2.24, 2.45) is 0 Å². The molecule has 10 nitrogen and oxygen atoms in total. The lowest BCUT2D eigenvalue weighted by Crippen LogP contribution is -2.34. The molecule has 0 bridgehead atoms. The zero-order valence-electron chi connectivity index (χ0n) is 19.3. The van der Waals surface area contributed by atoms with Crippen molar-refractivity contribution in [2.45, 2.75) is 31.1 Å². The fourth-order valence-corrected chi connectivity index (χ4v) is 4.20. The Morgan fingerprint density at radius 3 is 2.69 bits per heavy atom. The number of aliphatic hydroxyl groups is 2. The standard InChI is InChI=1S/C25H24FN5O5/c1-30(11-15-6-5-9-17(26)10-15)22-19-23(28-13-27-22)31(14-29-19)24-21(33)20(32)18(36-24)12-35-25(34)16-7-3-2-4-8-16/h2-10,13-14,18,20-21,24,32-33H,11-12H2,1H3/t18-,20-,21-,24-/m1/s1. The molecule has 1 aliphatic rings. The number of anilines is 1. The highest BCUT2D eigenvalue weighted by atomic mass is 19.1. The van der Waals surface area contributed by atoms with E-state index in [2.05, 4.69) is 15.0 Å². The molecule has 1 aliphatic heterocycles. The van der Waals surface area contributed by atoms with Crippen LogP contribution < -0.4 is 4.90 Å². The van der Waals surface area contributed by atoms with Crippen LogP contribution in [0.4, 0.5) is 10.2 Å². The molecule has 1 fully saturated rings. The molecule has 2 aromatic carbocycles. The maximum Gasteiger partial charge on any atom is 0.338 e. The summed E-state index contributed by atoms with van der Waals surface area (Å²) in [5.41, 5.74) is 1.95. The molecule has 5 rings (SSSR count). The Labute approximate surface area is 205 Å². The van der Waals surface area contributed by atoms with Gasteiger partial charge in [-0.05, 0) is 29.8 Å². The Balaban J connectivity index is 1.33. The van der Waals surface area contributed by atoms with Gasteiger partial charge in [-0.25, -0.2) is 24.1 Å². The van der Waals surface area contributed by atoms with E-state index in [0.29, 0.717) is 29.1 Å². The van der Waals surface area contributed by atoms with Crippen LogP contribution in [0, 0.1) is 5.82 Å². The number of rotatable bonds is 7. The lowest BCUT2D eigenvalue weighted by molar-refractivity contribution is -0.0565. The van der Waals surface area contributed by atoms with E-state index < -0.39 is 30.5 Å². The van der Waals surface area contributed by atoms with Crippen LogP contribution >= 0.6 is 0 Å². The predicted molar refractivity (Wildman–Crippen MR) is 126 cm³/mol. The molecule has 2 N–H and O–H groups in total. The Morgan fingerprint density at radius 2 is 1.92 bits per heavy atom. The van der Waals surface area contributed by atoms with Crippen LogP contribution in [0.2, 0.25) is 0 Å². The van der Waals surface area contributed by atoms with Crippen LogP contribution in [0.5, 0.6) is 0 Å². The SMILES string of the molecule is CN(Cc1cccc(F)c1)c1ncnc2c1ncn2[C@@H]1O[C@H](COC(=O)c2ccccc2)[C@@H](O)[C@H]1O. The molecule has 0 saturated carbocycles. The van der Waals surface area contributed by atoms with Crippen LogP contribution in [0.3, 0.4) is 0 Å². The van der Waals surface area contributed by atoms with Crippen molar-refractivity contribution in [3.8, 4) is 0 Å². The third-order valence-corrected chi connectivity index (χ3v) is 6.01. The van der Waals surface area contributed by atoms with Crippen molar-refractivity contribution < 1.29 is 28.9 Å². The van der Waals surface area contributed by atoms with Gasteiger partial charge in [0.1, 0.15) is 37.1 Å². The van der Waals surface area contributed by atoms with E-state index in [1.807, 2.05) is 11.0 Å². The predicted octanol–water partition coefficient (Wildman–Crippen LogP) is 2.08. The summed E-state index contributed by atoms with van der Waals surface area (Å²) < 4.78 is 26.2. The lowest BCUT2D eigenvalue weighted by Gasteiger charge is -2.19. The molecule has 2 aromatic heterocycles. The second-order valence-corrected chi connectivity index (χ2v) is 8.52. The summed E-state index contributed by atoms with van der Waals surface area (Å²) in [6.07, 6.45) is -1.78. The summed E-state index contributed by atoms with van der Waals surface area (Å²) in [6, 6.07) is 14.7. The second kappa shape index (κ2) is 9.97. The van der Waals surface area contributed by atoms with Crippen molar-refractivity contribution in [2.75, 3.05) is 18.6 Å². The number of hydrogen-bond donors (Lipinski definition) is 2. The van der Waals surface area contributed by atoms with Gasteiger partial charge in [-0.15, -0.1) is 0 Å². The van der Waals surface area contributed by atoms with Crippen LogP contribution in [-0.4, -0.2) is 67.7 Å². The molecular weight excluding hydrogens is 469 g/mol. The minimum absolute atomic E-state index is 0.244. The Bertz CT molecular complexity index is 1370. The number of benzene rings is 2. The van der Waals surface area contributed by atoms with Crippen molar-refractivity contribution in [3.63, 3.8) is 0 Å². The fraction of sp³-hybridized carbons (Fsp3) is 0.280. The molecule has 0 spiro atoms. The van der Waals surface area contributed by atoms with Crippen molar-refractivity contribution >= 4 is 23.0 Å². The van der Waals surface area contributed by atoms with Crippen LogP contribution in [-0.2, 0) is 16.0 Å². The summed E-state index contributed by atoms with van der Waals surface area (Å²) in [4.78, 5) is 27.1. The zero-order valence-corrected chi connectivity index (χ0v) is 19.3. The summed E-state index contributed by atoms with van der Waals surface area (Å²) >= 11 is 0. The van der Waals surface area contributed by atoms with E-state index in [0.717, 1.165) is 5.56 Å². The third-order valence-electron chi connectivity index (χ3n) is 6.01. The van der Waals surface area contributed by atoms with Gasteiger partial charge in [0.15, 0.2) is 23.2 Å². The minimum atomic E-state index is -1.31. The van der Waals surface area contributed by atoms with Gasteiger partial charge < -0.3 is 24.6 Å². The molecule has 186 valence electrons. The summed E-state index contributed by atoms with van der Waals surface area (Å²) in [5, 5.41) is 21.2. The van der Waals surface area contributed by atoms with E-state index in [-0.39, 0.29) is 12.4 Å². The molecule has 36 heavy (non-hydrogen) atoms. The number of fused-ring (bicyclic) bond motifs is 1. The van der Waals surface area contributed by atoms with Crippen LogP contribution in [0.25, 0.3) is 11.2 Å². The highest BCUT2D eigenvalue weighted by Crippen LogP contribution is 2.33. The average molecular weight is 493 g/mol. The number of ether oxygens (including phenoxy) is 2. The largest absolute Gasteiger partial charge is 0.459 e. The number of carbonyl (C=O) groups excluding carboxylic acids is 1. The highest BCUT2D eigenvalue weighted by Gasteiger charge is 2.45. The maximum absolute atomic E-state index is 13.6. The number of nitrogens with zero attached hydrogens (tertiary/aromatic N) is 5. The fourth-order valence-electron chi connectivity index (χ4n) is 4.20. The minimum Gasteiger partial charge on any atom is -0.459 e. The first-order chi connectivity index (χ1) is 17.4. The maximum atomic E-state index is 13.6. The van der Waals surface area contributed by atoms with E-state index in [4.69, 9.17) is 9.47 Å². The number of aromatic nitrogens is 4. The molecule has 4 atom stereocenters. The van der Waals surface area contributed by atoms with E-state index in [9.17, 15) is 19.4 Å². The quantitative estimate of drug-likeness (QED) is 0.373. The van der Waals surface area contributed by atoms with Gasteiger partial charge in [0.2, 0.25) is 0 Å². The first-order valence-electron chi connectivity index (χ1n) is 11.3. The number of hydrogen-bond acceptors (Lipinski definition) is 9. The first kappa shape index (κ1) is 23.8. The highest BCUT2D eigenvalue weighted by molar-refractivity contribution is 5.89. The monoisotopic (exact) mass is 493 g/mol. The second-order valence-electron chi connectivity index (χ2n) is 8.52.